The number of aliphatic imine (C=N–C) groups is 1. The van der Waals surface area contributed by atoms with Crippen LogP contribution in [0.4, 0.5) is 0 Å². The van der Waals surface area contributed by atoms with Gasteiger partial charge in [-0.05, 0) is 30.5 Å². The summed E-state index contributed by atoms with van der Waals surface area (Å²) in [6.07, 6.45) is 0. The molecule has 0 radical (unpaired) electrons. The van der Waals surface area contributed by atoms with Crippen molar-refractivity contribution in [3.05, 3.63) is 39.4 Å². The number of sulfonamides is 1. The second-order valence-corrected chi connectivity index (χ2v) is 10.5. The van der Waals surface area contributed by atoms with Gasteiger partial charge >= 0.3 is 0 Å². The van der Waals surface area contributed by atoms with E-state index < -0.39 is 10.0 Å². The van der Waals surface area contributed by atoms with Crippen LogP contribution in [0, 0.1) is 0 Å². The molecule has 0 saturated carbocycles. The van der Waals surface area contributed by atoms with E-state index in [-0.39, 0.29) is 0 Å². The van der Waals surface area contributed by atoms with Gasteiger partial charge < -0.3 is 10.6 Å². The lowest BCUT2D eigenvalue weighted by atomic mass is 10.1. The first-order chi connectivity index (χ1) is 12.3. The molecule has 26 heavy (non-hydrogen) atoms. The van der Waals surface area contributed by atoms with Gasteiger partial charge in [0.05, 0.1) is 6.54 Å². The lowest BCUT2D eigenvalue weighted by Gasteiger charge is -2.14. The van der Waals surface area contributed by atoms with E-state index in [1.54, 1.807) is 17.4 Å². The summed E-state index contributed by atoms with van der Waals surface area (Å²) in [5.74, 6) is 1.14. The Morgan fingerprint density at radius 3 is 2.65 bits per heavy atom. The van der Waals surface area contributed by atoms with Gasteiger partial charge in [-0.25, -0.2) is 17.7 Å². The smallest absolute Gasteiger partial charge is 0.252 e. The fourth-order valence-corrected chi connectivity index (χ4v) is 5.42. The fraction of sp³-hybridized carbons (Fsp3) is 0.471. The van der Waals surface area contributed by atoms with Crippen LogP contribution >= 0.6 is 22.7 Å². The highest BCUT2D eigenvalue weighted by atomic mass is 32.2. The molecular formula is C17H26N4O2S3. The van der Waals surface area contributed by atoms with E-state index >= 15 is 0 Å². The van der Waals surface area contributed by atoms with Gasteiger partial charge in [0, 0.05) is 42.9 Å². The van der Waals surface area contributed by atoms with Crippen LogP contribution < -0.4 is 10.6 Å². The minimum atomic E-state index is -3.38. The first kappa shape index (κ1) is 20.9. The molecule has 9 heteroatoms. The van der Waals surface area contributed by atoms with Gasteiger partial charge in [0.2, 0.25) is 0 Å². The molecule has 0 spiro atoms. The molecule has 0 saturated heterocycles. The van der Waals surface area contributed by atoms with Crippen molar-refractivity contribution in [3.63, 3.8) is 0 Å². The van der Waals surface area contributed by atoms with Gasteiger partial charge in [-0.2, -0.15) is 0 Å². The highest BCUT2D eigenvalue weighted by molar-refractivity contribution is 7.91. The van der Waals surface area contributed by atoms with E-state index in [0.29, 0.717) is 16.7 Å². The number of nitrogens with one attached hydrogen (secondary N) is 2. The second kappa shape index (κ2) is 9.50. The first-order valence-electron chi connectivity index (χ1n) is 8.41. The van der Waals surface area contributed by atoms with Crippen LogP contribution in [0.1, 0.15) is 29.5 Å². The summed E-state index contributed by atoms with van der Waals surface area (Å²) in [5.41, 5.74) is 0. The monoisotopic (exact) mass is 414 g/mol. The molecule has 144 valence electrons. The molecule has 2 N–H and O–H groups in total. The Morgan fingerprint density at radius 2 is 2.04 bits per heavy atom. The Bertz CT molecular complexity index is 811. The summed E-state index contributed by atoms with van der Waals surface area (Å²) >= 11 is 3.01. The number of thiophene rings is 2. The maximum absolute atomic E-state index is 12.2. The third kappa shape index (κ3) is 5.54. The van der Waals surface area contributed by atoms with Gasteiger partial charge in [0.25, 0.3) is 10.0 Å². The molecule has 6 nitrogen and oxygen atoms in total. The lowest BCUT2D eigenvalue weighted by Crippen LogP contribution is -2.38. The molecule has 2 aromatic rings. The number of rotatable bonds is 8. The van der Waals surface area contributed by atoms with Crippen molar-refractivity contribution in [2.45, 2.75) is 30.5 Å². The Hall–Kier alpha value is -1.42. The average Bonchev–Trinajstić information content (AvgIpc) is 3.28. The van der Waals surface area contributed by atoms with Crippen molar-refractivity contribution >= 4 is 38.7 Å². The van der Waals surface area contributed by atoms with E-state index in [4.69, 9.17) is 0 Å². The van der Waals surface area contributed by atoms with Crippen LogP contribution in [0.2, 0.25) is 0 Å². The van der Waals surface area contributed by atoms with Crippen LogP contribution in [0.25, 0.3) is 0 Å². The molecule has 0 fully saturated rings. The quantitative estimate of drug-likeness (QED) is 0.514. The molecule has 0 aromatic carbocycles. The third-order valence-electron chi connectivity index (χ3n) is 3.71. The molecular weight excluding hydrogens is 388 g/mol. The number of nitrogens with zero attached hydrogens (tertiary/aromatic N) is 2. The van der Waals surface area contributed by atoms with Crippen LogP contribution in [-0.2, 0) is 16.6 Å². The first-order valence-corrected chi connectivity index (χ1v) is 11.5. The molecule has 2 aromatic heterocycles. The van der Waals surface area contributed by atoms with Crippen molar-refractivity contribution < 1.29 is 8.42 Å². The van der Waals surface area contributed by atoms with Gasteiger partial charge in [-0.15, -0.1) is 22.7 Å². The van der Waals surface area contributed by atoms with Crippen molar-refractivity contribution in [1.82, 2.24) is 14.9 Å². The lowest BCUT2D eigenvalue weighted by molar-refractivity contribution is 0.523. The molecule has 0 amide bonds. The maximum atomic E-state index is 12.2. The Balaban J connectivity index is 1.99. The minimum absolute atomic E-state index is 0.344. The number of guanidine groups is 1. The van der Waals surface area contributed by atoms with Crippen molar-refractivity contribution in [2.24, 2.45) is 4.99 Å². The van der Waals surface area contributed by atoms with E-state index in [9.17, 15) is 8.42 Å². The summed E-state index contributed by atoms with van der Waals surface area (Å²) in [4.78, 5) is 6.83. The summed E-state index contributed by atoms with van der Waals surface area (Å²) in [7, 11) is -0.305. The largest absolute Gasteiger partial charge is 0.357 e. The molecule has 2 rings (SSSR count). The summed E-state index contributed by atoms with van der Waals surface area (Å²) in [5, 5.41) is 8.67. The minimum Gasteiger partial charge on any atom is -0.357 e. The normalized spacial score (nSPS) is 13.8. The standard InChI is InChI=1S/C17H26N4O2S3/c1-5-18-17(19-11-13(2)15-7-6-10-24-15)20-12-14-8-9-16(25-14)26(22,23)21(3)4/h6-10,13H,5,11-12H2,1-4H3,(H2,18,19,20). The van der Waals surface area contributed by atoms with Gasteiger partial charge in [-0.1, -0.05) is 13.0 Å². The predicted molar refractivity (Wildman–Crippen MR) is 111 cm³/mol. The Labute approximate surface area is 164 Å². The van der Waals surface area contributed by atoms with E-state index in [1.807, 2.05) is 13.0 Å². The number of hydrogen-bond donors (Lipinski definition) is 2. The molecule has 0 bridgehead atoms. The van der Waals surface area contributed by atoms with E-state index in [0.717, 1.165) is 23.9 Å². The Kier molecular flexibility index (Phi) is 7.63. The molecule has 0 aliphatic rings. The summed E-state index contributed by atoms with van der Waals surface area (Å²) < 4.78 is 25.9. The van der Waals surface area contributed by atoms with Crippen LogP contribution in [0.15, 0.2) is 38.8 Å². The van der Waals surface area contributed by atoms with Crippen LogP contribution in [0.5, 0.6) is 0 Å². The zero-order chi connectivity index (χ0) is 19.2. The highest BCUT2D eigenvalue weighted by Gasteiger charge is 2.19. The van der Waals surface area contributed by atoms with Crippen LogP contribution in [-0.4, -0.2) is 45.9 Å². The Morgan fingerprint density at radius 1 is 1.27 bits per heavy atom. The molecule has 0 aliphatic heterocycles. The summed E-state index contributed by atoms with van der Waals surface area (Å²) in [6.45, 7) is 6.20. The number of hydrogen-bond acceptors (Lipinski definition) is 5. The third-order valence-corrected chi connectivity index (χ3v) is 8.17. The molecule has 2 heterocycles. The van der Waals surface area contributed by atoms with E-state index in [1.165, 1.54) is 34.6 Å². The van der Waals surface area contributed by atoms with Gasteiger partial charge in [0.1, 0.15) is 4.21 Å². The van der Waals surface area contributed by atoms with Crippen molar-refractivity contribution in [3.8, 4) is 0 Å². The van der Waals surface area contributed by atoms with Crippen LogP contribution in [0.3, 0.4) is 0 Å². The van der Waals surface area contributed by atoms with Crippen molar-refractivity contribution in [2.75, 3.05) is 27.2 Å². The van der Waals surface area contributed by atoms with Crippen molar-refractivity contribution in [1.29, 1.82) is 0 Å². The van der Waals surface area contributed by atoms with E-state index in [2.05, 4.69) is 40.1 Å². The summed E-state index contributed by atoms with van der Waals surface area (Å²) in [6, 6.07) is 7.66. The SMILES string of the molecule is CCNC(=NCc1ccc(S(=O)(=O)N(C)C)s1)NCC(C)c1cccs1. The zero-order valence-corrected chi connectivity index (χ0v) is 18.0. The molecule has 0 aliphatic carbocycles. The average molecular weight is 415 g/mol. The molecule has 1 atom stereocenters. The molecule has 1 unspecified atom stereocenters. The van der Waals surface area contributed by atoms with Gasteiger partial charge in [0.15, 0.2) is 5.96 Å². The fourth-order valence-electron chi connectivity index (χ4n) is 2.18. The zero-order valence-electron chi connectivity index (χ0n) is 15.5. The highest BCUT2D eigenvalue weighted by Crippen LogP contribution is 2.24. The topological polar surface area (TPSA) is 73.8 Å². The predicted octanol–water partition coefficient (Wildman–Crippen LogP) is 2.92. The maximum Gasteiger partial charge on any atom is 0.252 e. The van der Waals surface area contributed by atoms with Gasteiger partial charge in [-0.3, -0.25) is 0 Å². The second-order valence-electron chi connectivity index (χ2n) is 6.00.